The number of likely N-dealkylation sites (tertiary alicyclic amines) is 1. The van der Waals surface area contributed by atoms with Gasteiger partial charge in [0.25, 0.3) is 11.6 Å². The van der Waals surface area contributed by atoms with Gasteiger partial charge in [0.1, 0.15) is 11.6 Å². The van der Waals surface area contributed by atoms with Crippen molar-refractivity contribution in [3.8, 4) is 0 Å². The van der Waals surface area contributed by atoms with Crippen molar-refractivity contribution in [1.29, 1.82) is 0 Å². The van der Waals surface area contributed by atoms with Gasteiger partial charge >= 0.3 is 5.97 Å². The quantitative estimate of drug-likeness (QED) is 0.430. The van der Waals surface area contributed by atoms with Crippen molar-refractivity contribution in [1.82, 2.24) is 4.90 Å². The molecule has 0 radical (unpaired) electrons. The summed E-state index contributed by atoms with van der Waals surface area (Å²) in [7, 11) is 0. The molecule has 0 aliphatic carbocycles. The van der Waals surface area contributed by atoms with E-state index in [4.69, 9.17) is 4.74 Å². The van der Waals surface area contributed by atoms with Gasteiger partial charge in [-0.15, -0.1) is 0 Å². The van der Waals surface area contributed by atoms with E-state index in [-0.39, 0.29) is 23.1 Å². The molecule has 32 heavy (non-hydrogen) atoms. The van der Waals surface area contributed by atoms with Gasteiger partial charge in [-0.25, -0.2) is 4.79 Å². The first kappa shape index (κ1) is 22.9. The zero-order valence-electron chi connectivity index (χ0n) is 18.2. The van der Waals surface area contributed by atoms with Gasteiger partial charge in [-0.3, -0.25) is 19.7 Å². The van der Waals surface area contributed by atoms with E-state index in [2.05, 4.69) is 5.32 Å². The van der Waals surface area contributed by atoms with Crippen molar-refractivity contribution in [2.24, 2.45) is 0 Å². The molecule has 1 N–H and O–H groups in total. The second-order valence-electron chi connectivity index (χ2n) is 8.53. The van der Waals surface area contributed by atoms with Gasteiger partial charge in [0, 0.05) is 29.9 Å². The van der Waals surface area contributed by atoms with Crippen LogP contribution in [0, 0.1) is 10.1 Å². The number of nitro groups is 1. The van der Waals surface area contributed by atoms with Crippen molar-refractivity contribution in [3.63, 3.8) is 0 Å². The van der Waals surface area contributed by atoms with Crippen LogP contribution in [0.1, 0.15) is 54.3 Å². The van der Waals surface area contributed by atoms with Crippen LogP contribution in [0.15, 0.2) is 48.5 Å². The molecule has 1 aliphatic heterocycles. The van der Waals surface area contributed by atoms with Gasteiger partial charge in [0.15, 0.2) is 0 Å². The molecule has 3 rings (SSSR count). The number of non-ortho nitro benzene ring substituents is 1. The van der Waals surface area contributed by atoms with E-state index in [9.17, 15) is 24.5 Å². The highest BCUT2D eigenvalue weighted by Gasteiger charge is 2.34. The van der Waals surface area contributed by atoms with E-state index in [1.54, 1.807) is 45.0 Å². The predicted molar refractivity (Wildman–Crippen MR) is 117 cm³/mol. The summed E-state index contributed by atoms with van der Waals surface area (Å²) in [6.07, 6.45) is 1.19. The Kier molecular flexibility index (Phi) is 6.57. The predicted octanol–water partition coefficient (Wildman–Crippen LogP) is 3.79. The Balaban J connectivity index is 1.66. The van der Waals surface area contributed by atoms with Crippen LogP contribution >= 0.6 is 0 Å². The summed E-state index contributed by atoms with van der Waals surface area (Å²) in [5, 5.41) is 13.6. The van der Waals surface area contributed by atoms with Gasteiger partial charge < -0.3 is 15.0 Å². The number of carbonyl (C=O) groups is 3. The van der Waals surface area contributed by atoms with Crippen molar-refractivity contribution in [2.75, 3.05) is 11.9 Å². The highest BCUT2D eigenvalue weighted by molar-refractivity contribution is 6.02. The monoisotopic (exact) mass is 439 g/mol. The molecule has 0 saturated carbocycles. The average molecular weight is 439 g/mol. The molecule has 2 aromatic carbocycles. The minimum absolute atomic E-state index is 0.105. The van der Waals surface area contributed by atoms with E-state index >= 15 is 0 Å². The number of esters is 1. The van der Waals surface area contributed by atoms with E-state index in [0.717, 1.165) is 0 Å². The number of ether oxygens (including phenoxy) is 1. The molecule has 1 heterocycles. The maximum Gasteiger partial charge on any atom is 0.338 e. The minimum atomic E-state index is -0.650. The molecule has 9 nitrogen and oxygen atoms in total. The van der Waals surface area contributed by atoms with Crippen LogP contribution in [0.2, 0.25) is 0 Å². The Morgan fingerprint density at radius 1 is 1.03 bits per heavy atom. The summed E-state index contributed by atoms with van der Waals surface area (Å²) < 4.78 is 5.32. The fraction of sp³-hybridized carbons (Fsp3) is 0.348. The summed E-state index contributed by atoms with van der Waals surface area (Å²) in [5.74, 6) is -1.13. The first-order chi connectivity index (χ1) is 15.0. The number of benzene rings is 2. The third-order valence-electron chi connectivity index (χ3n) is 4.93. The van der Waals surface area contributed by atoms with Crippen LogP contribution in [-0.4, -0.2) is 45.8 Å². The number of rotatable bonds is 5. The number of anilines is 1. The van der Waals surface area contributed by atoms with Gasteiger partial charge in [0.05, 0.1) is 10.5 Å². The summed E-state index contributed by atoms with van der Waals surface area (Å²) >= 11 is 0. The molecule has 2 aromatic rings. The van der Waals surface area contributed by atoms with Crippen LogP contribution < -0.4 is 5.32 Å². The number of nitro benzene ring substituents is 1. The van der Waals surface area contributed by atoms with Crippen LogP contribution in [0.5, 0.6) is 0 Å². The Bertz CT molecular complexity index is 1030. The maximum atomic E-state index is 12.9. The SMILES string of the molecule is CC(C)(C)OC(=O)c1ccc(NC(=O)[C@@H]2CCCN2C(=O)c2ccc([N+](=O)[O-])cc2)cc1. The van der Waals surface area contributed by atoms with Gasteiger partial charge in [-0.05, 0) is 70.0 Å². The molecule has 1 saturated heterocycles. The zero-order valence-corrected chi connectivity index (χ0v) is 18.2. The lowest BCUT2D eigenvalue weighted by molar-refractivity contribution is -0.384. The summed E-state index contributed by atoms with van der Waals surface area (Å²) in [4.78, 5) is 49.6. The molecular weight excluding hydrogens is 414 g/mol. The number of hydrogen-bond donors (Lipinski definition) is 1. The second-order valence-corrected chi connectivity index (χ2v) is 8.53. The molecular formula is C23H25N3O6. The van der Waals surface area contributed by atoms with Crippen molar-refractivity contribution < 1.29 is 24.0 Å². The van der Waals surface area contributed by atoms with Crippen LogP contribution in [0.25, 0.3) is 0 Å². The van der Waals surface area contributed by atoms with E-state index in [1.165, 1.54) is 29.2 Å². The fourth-order valence-electron chi connectivity index (χ4n) is 3.43. The van der Waals surface area contributed by atoms with Crippen molar-refractivity contribution >= 4 is 29.2 Å². The Morgan fingerprint density at radius 2 is 1.62 bits per heavy atom. The Morgan fingerprint density at radius 3 is 2.19 bits per heavy atom. The Labute approximate surface area is 185 Å². The number of carbonyl (C=O) groups excluding carboxylic acids is 3. The fourth-order valence-corrected chi connectivity index (χ4v) is 3.43. The lowest BCUT2D eigenvalue weighted by atomic mass is 10.1. The number of nitrogens with one attached hydrogen (secondary N) is 1. The molecule has 1 fully saturated rings. The largest absolute Gasteiger partial charge is 0.456 e. The van der Waals surface area contributed by atoms with Crippen molar-refractivity contribution in [2.45, 2.75) is 45.3 Å². The van der Waals surface area contributed by atoms with E-state index < -0.39 is 22.5 Å². The maximum absolute atomic E-state index is 12.9. The Hall–Kier alpha value is -3.75. The van der Waals surface area contributed by atoms with Crippen LogP contribution in [0.4, 0.5) is 11.4 Å². The number of hydrogen-bond acceptors (Lipinski definition) is 6. The second kappa shape index (κ2) is 9.17. The number of nitrogens with zero attached hydrogens (tertiary/aromatic N) is 2. The van der Waals surface area contributed by atoms with E-state index in [1.807, 2.05) is 0 Å². The topological polar surface area (TPSA) is 119 Å². The third kappa shape index (κ3) is 5.48. The van der Waals surface area contributed by atoms with Gasteiger partial charge in [0.2, 0.25) is 5.91 Å². The third-order valence-corrected chi connectivity index (χ3v) is 4.93. The molecule has 0 bridgehead atoms. The normalized spacial score (nSPS) is 15.8. The molecule has 0 spiro atoms. The zero-order chi connectivity index (χ0) is 23.5. The molecule has 0 aromatic heterocycles. The van der Waals surface area contributed by atoms with Crippen LogP contribution in [-0.2, 0) is 9.53 Å². The lowest BCUT2D eigenvalue weighted by Crippen LogP contribution is -2.43. The highest BCUT2D eigenvalue weighted by atomic mass is 16.6. The van der Waals surface area contributed by atoms with Crippen LogP contribution in [0.3, 0.4) is 0 Å². The molecule has 0 unspecified atom stereocenters. The van der Waals surface area contributed by atoms with Gasteiger partial charge in [-0.2, -0.15) is 0 Å². The average Bonchev–Trinajstić information content (AvgIpc) is 3.22. The molecule has 1 aliphatic rings. The summed E-state index contributed by atoms with van der Waals surface area (Å²) in [5.41, 5.74) is 0.446. The minimum Gasteiger partial charge on any atom is -0.456 e. The summed E-state index contributed by atoms with van der Waals surface area (Å²) in [6.45, 7) is 5.77. The highest BCUT2D eigenvalue weighted by Crippen LogP contribution is 2.23. The van der Waals surface area contributed by atoms with E-state index in [0.29, 0.717) is 30.6 Å². The van der Waals surface area contributed by atoms with Crippen molar-refractivity contribution in [3.05, 3.63) is 69.8 Å². The first-order valence-corrected chi connectivity index (χ1v) is 10.2. The molecule has 9 heteroatoms. The lowest BCUT2D eigenvalue weighted by Gasteiger charge is -2.24. The number of amides is 2. The standard InChI is InChI=1S/C23H25N3O6/c1-23(2,3)32-22(29)16-6-10-17(11-7-16)24-20(27)19-5-4-14-25(19)21(28)15-8-12-18(13-9-15)26(30)31/h6-13,19H,4-5,14H2,1-3H3,(H,24,27)/t19-/m0/s1. The summed E-state index contributed by atoms with van der Waals surface area (Å²) in [6, 6.07) is 11.0. The molecule has 168 valence electrons. The first-order valence-electron chi connectivity index (χ1n) is 10.2. The smallest absolute Gasteiger partial charge is 0.338 e. The molecule has 2 amide bonds. The molecule has 1 atom stereocenters. The van der Waals surface area contributed by atoms with Gasteiger partial charge in [-0.1, -0.05) is 0 Å².